The number of methoxy groups -OCH3 is 2. The molecule has 0 amide bonds. The molecule has 0 atom stereocenters. The SMILES string of the molecule is COc1c(OO[SiH](c2ccccc2)c2ccccc2)c(CCCCCCCCCCOC(C)=O)c(C)c(C(C)(C)C)c1OC. The van der Waals surface area contributed by atoms with Gasteiger partial charge in [0.05, 0.1) is 20.8 Å². The van der Waals surface area contributed by atoms with E-state index in [1.807, 2.05) is 36.4 Å². The lowest BCUT2D eigenvalue weighted by Crippen LogP contribution is -2.45. The molecule has 6 nitrogen and oxygen atoms in total. The van der Waals surface area contributed by atoms with Gasteiger partial charge >= 0.3 is 15.0 Å². The first-order chi connectivity index (χ1) is 21.2. The van der Waals surface area contributed by atoms with Gasteiger partial charge in [-0.15, -0.1) is 0 Å². The molecule has 0 N–H and O–H groups in total. The van der Waals surface area contributed by atoms with Crippen molar-refractivity contribution in [1.29, 1.82) is 0 Å². The van der Waals surface area contributed by atoms with Crippen LogP contribution in [0.3, 0.4) is 0 Å². The summed E-state index contributed by atoms with van der Waals surface area (Å²) in [6.45, 7) is 10.8. The fourth-order valence-corrected chi connectivity index (χ4v) is 7.80. The van der Waals surface area contributed by atoms with E-state index in [-0.39, 0.29) is 11.4 Å². The number of rotatable bonds is 18. The standard InChI is InChI=1S/C37H52O6Si/c1-28-32(26-20-12-10-8-9-11-13-21-27-41-29(2)38)34(36(40-7)35(39-6)33(28)37(3,4)5)42-43-44(30-22-16-14-17-23-30)31-24-18-15-19-25-31/h14-19,22-25,44H,8-13,20-21,26-27H2,1-7H3. The number of carbonyl (C=O) groups is 1. The molecule has 240 valence electrons. The Morgan fingerprint density at radius 3 is 1.68 bits per heavy atom. The summed E-state index contributed by atoms with van der Waals surface area (Å²) in [7, 11) is 1.20. The van der Waals surface area contributed by atoms with Crippen molar-refractivity contribution in [3.8, 4) is 17.2 Å². The average molecular weight is 621 g/mol. The molecule has 0 radical (unpaired) electrons. The normalized spacial score (nSPS) is 11.5. The highest BCUT2D eigenvalue weighted by Crippen LogP contribution is 2.49. The first-order valence-corrected chi connectivity index (χ1v) is 17.7. The van der Waals surface area contributed by atoms with Crippen molar-refractivity contribution in [2.24, 2.45) is 0 Å². The monoisotopic (exact) mass is 620 g/mol. The van der Waals surface area contributed by atoms with Crippen LogP contribution in [0.2, 0.25) is 0 Å². The van der Waals surface area contributed by atoms with E-state index in [9.17, 15) is 4.79 Å². The van der Waals surface area contributed by atoms with E-state index in [0.29, 0.717) is 23.9 Å². The van der Waals surface area contributed by atoms with E-state index in [4.69, 9.17) is 23.7 Å². The summed E-state index contributed by atoms with van der Waals surface area (Å²) in [4.78, 5) is 17.3. The molecule has 0 heterocycles. The number of benzene rings is 3. The smallest absolute Gasteiger partial charge is 0.302 e. The summed E-state index contributed by atoms with van der Waals surface area (Å²) in [5, 5.41) is 2.28. The van der Waals surface area contributed by atoms with Crippen molar-refractivity contribution in [3.63, 3.8) is 0 Å². The van der Waals surface area contributed by atoms with Gasteiger partial charge in [0.2, 0.25) is 11.5 Å². The van der Waals surface area contributed by atoms with Gasteiger partial charge < -0.3 is 19.1 Å². The number of carbonyl (C=O) groups excluding carboxylic acids is 1. The topological polar surface area (TPSA) is 63.2 Å². The van der Waals surface area contributed by atoms with E-state index < -0.39 is 9.04 Å². The molecule has 44 heavy (non-hydrogen) atoms. The van der Waals surface area contributed by atoms with Crippen LogP contribution in [0.15, 0.2) is 60.7 Å². The fourth-order valence-electron chi connectivity index (χ4n) is 5.85. The number of hydrogen-bond donors (Lipinski definition) is 0. The molecule has 0 unspecified atom stereocenters. The van der Waals surface area contributed by atoms with Crippen LogP contribution in [0.25, 0.3) is 0 Å². The Kier molecular flexibility index (Phi) is 14.3. The van der Waals surface area contributed by atoms with Gasteiger partial charge in [-0.25, -0.2) is 4.58 Å². The van der Waals surface area contributed by atoms with E-state index in [1.165, 1.54) is 38.2 Å². The summed E-state index contributed by atoms with van der Waals surface area (Å²) < 4.78 is 23.5. The Labute approximate surface area is 266 Å². The van der Waals surface area contributed by atoms with Crippen molar-refractivity contribution in [2.75, 3.05) is 20.8 Å². The molecule has 0 aliphatic rings. The van der Waals surface area contributed by atoms with Crippen LogP contribution in [0.4, 0.5) is 0 Å². The average Bonchev–Trinajstić information content (AvgIpc) is 3.00. The summed E-state index contributed by atoms with van der Waals surface area (Å²) >= 11 is 0. The third-order valence-corrected chi connectivity index (χ3v) is 10.2. The quantitative estimate of drug-likeness (QED) is 0.0486. The molecule has 3 aromatic rings. The number of ether oxygens (including phenoxy) is 3. The molecule has 0 saturated heterocycles. The molecule has 0 aliphatic carbocycles. The zero-order valence-electron chi connectivity index (χ0n) is 27.9. The van der Waals surface area contributed by atoms with Gasteiger partial charge in [0.25, 0.3) is 0 Å². The van der Waals surface area contributed by atoms with Crippen molar-refractivity contribution in [2.45, 2.75) is 97.8 Å². The summed E-state index contributed by atoms with van der Waals surface area (Å²) in [6.07, 6.45) is 9.86. The Morgan fingerprint density at radius 2 is 1.20 bits per heavy atom. The number of hydrogen-bond acceptors (Lipinski definition) is 6. The van der Waals surface area contributed by atoms with Crippen molar-refractivity contribution in [1.82, 2.24) is 0 Å². The minimum absolute atomic E-state index is 0.155. The molecule has 0 fully saturated rings. The van der Waals surface area contributed by atoms with Crippen LogP contribution in [-0.4, -0.2) is 35.8 Å². The van der Waals surface area contributed by atoms with Gasteiger partial charge in [0, 0.05) is 18.1 Å². The zero-order chi connectivity index (χ0) is 32.0. The predicted molar refractivity (Wildman–Crippen MR) is 181 cm³/mol. The number of unbranched alkanes of at least 4 members (excludes halogenated alkanes) is 7. The maximum Gasteiger partial charge on any atom is 0.302 e. The minimum Gasteiger partial charge on any atom is -0.492 e. The molecule has 0 aliphatic heterocycles. The lowest BCUT2D eigenvalue weighted by Gasteiger charge is -2.29. The summed E-state index contributed by atoms with van der Waals surface area (Å²) in [6, 6.07) is 20.7. The predicted octanol–water partition coefficient (Wildman–Crippen LogP) is 7.38. The van der Waals surface area contributed by atoms with Crippen molar-refractivity contribution >= 4 is 25.4 Å². The molecule has 7 heteroatoms. The largest absolute Gasteiger partial charge is 0.492 e. The molecular weight excluding hydrogens is 568 g/mol. The van der Waals surface area contributed by atoms with E-state index in [2.05, 4.69) is 52.0 Å². The number of esters is 1. The van der Waals surface area contributed by atoms with Gasteiger partial charge in [-0.3, -0.25) is 4.79 Å². The Bertz CT molecular complexity index is 1250. The van der Waals surface area contributed by atoms with E-state index in [0.717, 1.165) is 53.6 Å². The first kappa shape index (κ1) is 35.2. The third-order valence-electron chi connectivity index (χ3n) is 7.96. The maximum absolute atomic E-state index is 10.9. The molecular formula is C37H52O6Si. The zero-order valence-corrected chi connectivity index (χ0v) is 29.0. The maximum atomic E-state index is 10.9. The molecule has 0 bridgehead atoms. The van der Waals surface area contributed by atoms with Gasteiger partial charge in [0.15, 0.2) is 5.75 Å². The highest BCUT2D eigenvalue weighted by atomic mass is 28.3. The molecule has 0 spiro atoms. The Hall–Kier alpha value is -3.29. The van der Waals surface area contributed by atoms with Crippen LogP contribution >= 0.6 is 0 Å². The van der Waals surface area contributed by atoms with Crippen LogP contribution in [-0.2, 0) is 25.9 Å². The van der Waals surface area contributed by atoms with Crippen LogP contribution < -0.4 is 24.7 Å². The van der Waals surface area contributed by atoms with Gasteiger partial charge in [0.1, 0.15) is 0 Å². The van der Waals surface area contributed by atoms with Crippen LogP contribution in [0, 0.1) is 6.92 Å². The van der Waals surface area contributed by atoms with E-state index in [1.54, 1.807) is 14.2 Å². The molecule has 3 rings (SSSR count). The lowest BCUT2D eigenvalue weighted by atomic mass is 9.80. The molecule has 3 aromatic carbocycles. The second-order valence-electron chi connectivity index (χ2n) is 12.4. The first-order valence-electron chi connectivity index (χ1n) is 16.0. The highest BCUT2D eigenvalue weighted by Gasteiger charge is 2.32. The second-order valence-corrected chi connectivity index (χ2v) is 14.7. The molecule has 0 saturated carbocycles. The highest BCUT2D eigenvalue weighted by molar-refractivity contribution is 6.79. The summed E-state index contributed by atoms with van der Waals surface area (Å²) in [5.74, 6) is 1.71. The second kappa shape index (κ2) is 17.9. The third kappa shape index (κ3) is 10.1. The van der Waals surface area contributed by atoms with Crippen molar-refractivity contribution in [3.05, 3.63) is 77.4 Å². The van der Waals surface area contributed by atoms with Crippen LogP contribution in [0.1, 0.15) is 95.8 Å². The Morgan fingerprint density at radius 1 is 0.705 bits per heavy atom. The summed E-state index contributed by atoms with van der Waals surface area (Å²) in [5.41, 5.74) is 3.26. The lowest BCUT2D eigenvalue weighted by molar-refractivity contribution is -0.141. The van der Waals surface area contributed by atoms with Crippen LogP contribution in [0.5, 0.6) is 17.2 Å². The fraction of sp³-hybridized carbons (Fsp3) is 0.486. The van der Waals surface area contributed by atoms with Gasteiger partial charge in [-0.2, -0.15) is 0 Å². The van der Waals surface area contributed by atoms with Gasteiger partial charge in [-0.05, 0) is 47.5 Å². The van der Waals surface area contributed by atoms with Crippen molar-refractivity contribution < 1.29 is 28.5 Å². The van der Waals surface area contributed by atoms with Gasteiger partial charge in [-0.1, -0.05) is 120 Å². The van der Waals surface area contributed by atoms with E-state index >= 15 is 0 Å². The minimum atomic E-state index is -2.16. The molecule has 0 aromatic heterocycles. The Balaban J connectivity index is 1.79.